The molecule has 4 aromatic rings. The number of para-hydroxylation sites is 2. The Morgan fingerprint density at radius 3 is 2.88 bits per heavy atom. The predicted octanol–water partition coefficient (Wildman–Crippen LogP) is 2.97. The molecule has 6 heteroatoms. The monoisotopic (exact) mass is 317 g/mol. The summed E-state index contributed by atoms with van der Waals surface area (Å²) in [5, 5.41) is 13.6. The molecule has 3 heterocycles. The van der Waals surface area contributed by atoms with Gasteiger partial charge < -0.3 is 10.1 Å². The second-order valence-electron chi connectivity index (χ2n) is 5.46. The fourth-order valence-corrected chi connectivity index (χ4v) is 2.85. The molecule has 0 bridgehead atoms. The SMILES string of the molecule is COCCNc1ccc2cc(C#N)c3nc4ccccc4n3c2n1. The van der Waals surface area contributed by atoms with Crippen LogP contribution in [0.3, 0.4) is 0 Å². The number of hydrogen-bond donors (Lipinski definition) is 1. The molecular formula is C18H15N5O. The summed E-state index contributed by atoms with van der Waals surface area (Å²) in [4.78, 5) is 9.32. The number of anilines is 1. The van der Waals surface area contributed by atoms with Gasteiger partial charge in [-0.15, -0.1) is 0 Å². The summed E-state index contributed by atoms with van der Waals surface area (Å²) >= 11 is 0. The number of hydrogen-bond acceptors (Lipinski definition) is 5. The van der Waals surface area contributed by atoms with E-state index in [9.17, 15) is 5.26 Å². The van der Waals surface area contributed by atoms with Crippen LogP contribution < -0.4 is 5.32 Å². The van der Waals surface area contributed by atoms with E-state index in [1.165, 1.54) is 0 Å². The van der Waals surface area contributed by atoms with E-state index in [4.69, 9.17) is 9.72 Å². The van der Waals surface area contributed by atoms with Crippen LogP contribution in [0.15, 0.2) is 42.5 Å². The number of pyridine rings is 2. The summed E-state index contributed by atoms with van der Waals surface area (Å²) in [6, 6.07) is 15.8. The lowest BCUT2D eigenvalue weighted by molar-refractivity contribution is 0.210. The maximum absolute atomic E-state index is 9.47. The average molecular weight is 317 g/mol. The van der Waals surface area contributed by atoms with Crippen molar-refractivity contribution in [1.82, 2.24) is 14.4 Å². The third kappa shape index (κ3) is 2.23. The number of benzene rings is 1. The fraction of sp³-hybridized carbons (Fsp3) is 0.167. The van der Waals surface area contributed by atoms with Crippen molar-refractivity contribution in [3.05, 3.63) is 48.0 Å². The topological polar surface area (TPSA) is 75.2 Å². The zero-order chi connectivity index (χ0) is 16.5. The summed E-state index contributed by atoms with van der Waals surface area (Å²) in [5.74, 6) is 0.767. The first-order valence-electron chi connectivity index (χ1n) is 7.65. The van der Waals surface area contributed by atoms with E-state index in [2.05, 4.69) is 16.4 Å². The van der Waals surface area contributed by atoms with Crippen LogP contribution in [0.25, 0.3) is 27.7 Å². The maximum Gasteiger partial charge on any atom is 0.157 e. The molecule has 118 valence electrons. The summed E-state index contributed by atoms with van der Waals surface area (Å²) in [5.41, 5.74) is 3.74. The van der Waals surface area contributed by atoms with Crippen molar-refractivity contribution in [1.29, 1.82) is 5.26 Å². The Balaban J connectivity index is 2.01. The third-order valence-electron chi connectivity index (χ3n) is 3.95. The molecule has 0 aliphatic heterocycles. The number of nitrogens with zero attached hydrogens (tertiary/aromatic N) is 4. The molecular weight excluding hydrogens is 302 g/mol. The molecule has 24 heavy (non-hydrogen) atoms. The van der Waals surface area contributed by atoms with Gasteiger partial charge in [0.2, 0.25) is 0 Å². The fourth-order valence-electron chi connectivity index (χ4n) is 2.85. The minimum atomic E-state index is 0.542. The van der Waals surface area contributed by atoms with Crippen LogP contribution in [0.5, 0.6) is 0 Å². The lowest BCUT2D eigenvalue weighted by atomic mass is 10.2. The predicted molar refractivity (Wildman–Crippen MR) is 93.1 cm³/mol. The van der Waals surface area contributed by atoms with Crippen LogP contribution in [0.4, 0.5) is 5.82 Å². The normalized spacial score (nSPS) is 11.2. The lowest BCUT2D eigenvalue weighted by Gasteiger charge is -2.08. The van der Waals surface area contributed by atoms with E-state index in [0.717, 1.165) is 27.9 Å². The Hall–Kier alpha value is -3.17. The Bertz CT molecular complexity index is 1090. The molecule has 3 aromatic heterocycles. The summed E-state index contributed by atoms with van der Waals surface area (Å²) in [7, 11) is 1.67. The molecule has 0 unspecified atom stereocenters. The third-order valence-corrected chi connectivity index (χ3v) is 3.95. The number of rotatable bonds is 4. The Labute approximate surface area is 138 Å². The smallest absolute Gasteiger partial charge is 0.157 e. The van der Waals surface area contributed by atoms with E-state index >= 15 is 0 Å². The van der Waals surface area contributed by atoms with Gasteiger partial charge in [0.05, 0.1) is 23.2 Å². The molecule has 0 aliphatic carbocycles. The number of imidazole rings is 1. The molecule has 1 N–H and O–H groups in total. The van der Waals surface area contributed by atoms with Crippen molar-refractivity contribution in [2.45, 2.75) is 0 Å². The molecule has 0 aliphatic rings. The zero-order valence-corrected chi connectivity index (χ0v) is 13.2. The van der Waals surface area contributed by atoms with Gasteiger partial charge in [0.15, 0.2) is 5.65 Å². The number of nitrogens with one attached hydrogen (secondary N) is 1. The maximum atomic E-state index is 9.47. The van der Waals surface area contributed by atoms with E-state index in [-0.39, 0.29) is 0 Å². The molecule has 0 atom stereocenters. The first-order valence-corrected chi connectivity index (χ1v) is 7.65. The molecule has 1 aromatic carbocycles. The first-order chi connectivity index (χ1) is 11.8. The van der Waals surface area contributed by atoms with Gasteiger partial charge in [0.1, 0.15) is 17.5 Å². The second-order valence-corrected chi connectivity index (χ2v) is 5.46. The quantitative estimate of drug-likeness (QED) is 0.586. The van der Waals surface area contributed by atoms with Crippen molar-refractivity contribution in [3.8, 4) is 6.07 Å². The number of fused-ring (bicyclic) bond motifs is 5. The van der Waals surface area contributed by atoms with Gasteiger partial charge >= 0.3 is 0 Å². The molecule has 0 saturated carbocycles. The van der Waals surface area contributed by atoms with E-state index in [1.54, 1.807) is 7.11 Å². The highest BCUT2D eigenvalue weighted by Crippen LogP contribution is 2.25. The molecule has 0 fully saturated rings. The van der Waals surface area contributed by atoms with Gasteiger partial charge in [0, 0.05) is 19.0 Å². The zero-order valence-electron chi connectivity index (χ0n) is 13.2. The Kier molecular flexibility index (Phi) is 3.48. The van der Waals surface area contributed by atoms with Crippen LogP contribution in [-0.4, -0.2) is 34.6 Å². The second kappa shape index (κ2) is 5.80. The first kappa shape index (κ1) is 14.4. The minimum Gasteiger partial charge on any atom is -0.383 e. The molecule has 0 saturated heterocycles. The van der Waals surface area contributed by atoms with Crippen LogP contribution in [-0.2, 0) is 4.74 Å². The molecule has 4 rings (SSSR count). The highest BCUT2D eigenvalue weighted by Gasteiger charge is 2.13. The highest BCUT2D eigenvalue weighted by atomic mass is 16.5. The summed E-state index contributed by atoms with van der Waals surface area (Å²) in [6.07, 6.45) is 0. The minimum absolute atomic E-state index is 0.542. The van der Waals surface area contributed by atoms with Gasteiger partial charge in [-0.3, -0.25) is 4.40 Å². The van der Waals surface area contributed by atoms with Crippen LogP contribution in [0, 0.1) is 11.3 Å². The van der Waals surface area contributed by atoms with Crippen molar-refractivity contribution >= 4 is 33.5 Å². The molecule has 6 nitrogen and oxygen atoms in total. The Morgan fingerprint density at radius 1 is 1.17 bits per heavy atom. The number of methoxy groups -OCH3 is 1. The average Bonchev–Trinajstić information content (AvgIpc) is 3.01. The molecule has 0 spiro atoms. The van der Waals surface area contributed by atoms with E-state index in [1.807, 2.05) is 46.9 Å². The van der Waals surface area contributed by atoms with E-state index in [0.29, 0.717) is 24.4 Å². The summed E-state index contributed by atoms with van der Waals surface area (Å²) in [6.45, 7) is 1.29. The van der Waals surface area contributed by atoms with Crippen molar-refractivity contribution in [2.24, 2.45) is 0 Å². The Morgan fingerprint density at radius 2 is 2.04 bits per heavy atom. The van der Waals surface area contributed by atoms with Crippen LogP contribution >= 0.6 is 0 Å². The molecule has 0 amide bonds. The largest absolute Gasteiger partial charge is 0.383 e. The number of ether oxygens (including phenoxy) is 1. The lowest BCUT2D eigenvalue weighted by Crippen LogP contribution is -2.09. The van der Waals surface area contributed by atoms with Crippen molar-refractivity contribution < 1.29 is 4.74 Å². The standard InChI is InChI=1S/C18H15N5O/c1-24-9-8-20-16-7-6-12-10-13(11-19)18-21-14-4-2-3-5-15(14)23(18)17(12)22-16/h2-7,10H,8-9H2,1H3,(H,20,22). The van der Waals surface area contributed by atoms with Crippen LogP contribution in [0.1, 0.15) is 5.56 Å². The van der Waals surface area contributed by atoms with Gasteiger partial charge in [-0.2, -0.15) is 5.26 Å². The van der Waals surface area contributed by atoms with Crippen molar-refractivity contribution in [2.75, 3.05) is 25.6 Å². The van der Waals surface area contributed by atoms with Gasteiger partial charge in [-0.05, 0) is 30.3 Å². The van der Waals surface area contributed by atoms with Crippen molar-refractivity contribution in [3.63, 3.8) is 0 Å². The molecule has 0 radical (unpaired) electrons. The summed E-state index contributed by atoms with van der Waals surface area (Å²) < 4.78 is 7.00. The van der Waals surface area contributed by atoms with Gasteiger partial charge in [0.25, 0.3) is 0 Å². The van der Waals surface area contributed by atoms with Crippen LogP contribution in [0.2, 0.25) is 0 Å². The van der Waals surface area contributed by atoms with E-state index < -0.39 is 0 Å². The van der Waals surface area contributed by atoms with Gasteiger partial charge in [-0.1, -0.05) is 12.1 Å². The number of nitriles is 1. The number of aromatic nitrogens is 3. The highest BCUT2D eigenvalue weighted by molar-refractivity contribution is 5.91. The van der Waals surface area contributed by atoms with Gasteiger partial charge in [-0.25, -0.2) is 9.97 Å².